The molecule has 45 heteroatoms. The zero-order valence-corrected chi connectivity index (χ0v) is 67.7. The highest BCUT2D eigenvalue weighted by atomic mass is 35.5. The highest BCUT2D eigenvalue weighted by molar-refractivity contribution is 6.32. The molecule has 9 aliphatic heterocycles. The smallest absolute Gasteiger partial charge is 0.330 e. The third kappa shape index (κ3) is 19.0. The molecule has 3 fully saturated rings. The number of nitrogens with one attached hydrogen (secondary N) is 8. The second kappa shape index (κ2) is 37.5. The monoisotopic (exact) mass is 1810 g/mol. The number of carbonyl (C=O) groups excluding carboxylic acids is 8. The third-order valence-corrected chi connectivity index (χ3v) is 22.5. The van der Waals surface area contributed by atoms with Gasteiger partial charge in [0.25, 0.3) is 0 Å². The number of amides is 8. The minimum atomic E-state index is -2.60. The number of fused-ring (bicyclic) bond motifs is 14. The number of aliphatic hydroxyl groups excluding tert-OH is 11. The van der Waals surface area contributed by atoms with Gasteiger partial charge in [0.2, 0.25) is 65.6 Å². The number of aliphatic carboxylic acids is 1. The zero-order chi connectivity index (χ0) is 91.3. The van der Waals surface area contributed by atoms with E-state index in [0.29, 0.717) is 0 Å². The maximum absolute atomic E-state index is 16.9. The van der Waals surface area contributed by atoms with Crippen molar-refractivity contribution < 1.29 is 167 Å². The van der Waals surface area contributed by atoms with E-state index in [1.165, 1.54) is 37.3 Å². The van der Waals surface area contributed by atoms with Gasteiger partial charge in [0, 0.05) is 42.2 Å². The Bertz CT molecular complexity index is 5460. The first-order valence-corrected chi connectivity index (χ1v) is 39.9. The summed E-state index contributed by atoms with van der Waals surface area (Å²) < 4.78 is 56.9. The Balaban J connectivity index is 1.05. The highest BCUT2D eigenvalue weighted by Gasteiger charge is 2.52. The van der Waals surface area contributed by atoms with Crippen molar-refractivity contribution in [3.8, 4) is 80.1 Å². The highest BCUT2D eigenvalue weighted by Crippen LogP contribution is 2.51. The number of ether oxygens (including phenoxy) is 9. The topological polar surface area (TPSA) is 683 Å². The summed E-state index contributed by atoms with van der Waals surface area (Å²) in [6.45, 7) is -0.998. The van der Waals surface area contributed by atoms with Crippen LogP contribution in [-0.4, -0.2) is 265 Å². The molecule has 24 atom stereocenters. The van der Waals surface area contributed by atoms with Crippen molar-refractivity contribution in [2.75, 3.05) is 19.8 Å². The van der Waals surface area contributed by atoms with Crippen LogP contribution in [0.3, 0.4) is 0 Å². The van der Waals surface area contributed by atoms with Gasteiger partial charge in [-0.25, -0.2) is 4.79 Å². The summed E-state index contributed by atoms with van der Waals surface area (Å²) in [5.41, 5.74) is 2.60. The number of hydrogen-bond acceptors (Lipinski definition) is 34. The Kier molecular flexibility index (Phi) is 26.9. The van der Waals surface area contributed by atoms with Crippen molar-refractivity contribution in [3.63, 3.8) is 0 Å². The van der Waals surface area contributed by atoms with Gasteiger partial charge < -0.3 is 173 Å². The summed E-state index contributed by atoms with van der Waals surface area (Å²) in [5, 5.41) is 199. The van der Waals surface area contributed by atoms with E-state index in [0.717, 1.165) is 91.9 Å². The van der Waals surface area contributed by atoms with Crippen LogP contribution in [0.1, 0.15) is 95.5 Å². The molecule has 3 saturated heterocycles. The summed E-state index contributed by atoms with van der Waals surface area (Å²) in [4.78, 5) is 137. The molecule has 43 nitrogen and oxygen atoms in total. The van der Waals surface area contributed by atoms with Crippen molar-refractivity contribution >= 4 is 76.4 Å². The molecule has 0 aliphatic carbocycles. The van der Waals surface area contributed by atoms with Crippen LogP contribution >= 0.6 is 23.2 Å². The first-order chi connectivity index (χ1) is 60.4. The predicted octanol–water partition coefficient (Wildman–Crippen LogP) is -2.21. The SMILES string of the molecule is CC(=O)N[C@H]1C(O)[C@H](O)C(CO)O[C@H]1O[C@@H]1c2ccc(c(Cl)c2)Oc2cc3cc(c2O[C@@H]2OC(CO)[C@@H](O)[C@H](O)C2NC(=O)CC(C)O)Oc2ccc(cc2Cl)C[C@H]2NC(=O)[C@H](N)c4ccc(O)c(c4)Oc4cc(O)cc(c4)[C@H](NC2=O)C(=O)N[C@H]3C(=O)N[C@H]2C(=O)N[C@@H]1C(=O)N[C@H](C(=O)O)c1cc(O)cc(O[C@H]3OC(CO)[C@@H](O)[C@@H](O)C3O)c1-c1cc2ccc1O. The van der Waals surface area contributed by atoms with Gasteiger partial charge in [0.05, 0.1) is 42.4 Å². The van der Waals surface area contributed by atoms with Gasteiger partial charge in [0.15, 0.2) is 35.3 Å². The van der Waals surface area contributed by atoms with Gasteiger partial charge in [-0.3, -0.25) is 38.4 Å². The molecule has 7 unspecified atom stereocenters. The summed E-state index contributed by atoms with van der Waals surface area (Å²) >= 11 is 14.6. The molecular weight excluding hydrogens is 1730 g/mol. The second-order valence-electron chi connectivity index (χ2n) is 30.9. The Hall–Kier alpha value is -12.1. The van der Waals surface area contributed by atoms with Crippen LogP contribution in [-0.2, 0) is 68.5 Å². The van der Waals surface area contributed by atoms with Crippen LogP contribution in [0.25, 0.3) is 11.1 Å². The van der Waals surface area contributed by atoms with Gasteiger partial charge in [-0.05, 0) is 119 Å². The standard InChI is InChI=1S/C82H85Cl2N9O34/c1-27(97)11-54(103)88-62-68(108)65(105)52(25-95)124-81(62)127-72-49-19-34-20-50(72)121-46-10-6-32(17-41(46)84)71(126-80-61(86-28(2)98)67(107)64(104)51(24-94)123-80)63-78(116)92-60(79(117)118)39-22-36(100)23-48(122-82-70(110)69(109)66(106)53(26-96)125-82)55(39)38-16-31(5-7-43(38)101)57(75(113)93-63)90-77(115)59(34)91-76(114)58-33-14-35(99)21-37(15-33)119-47-18-30(4-8-44(47)102)56(85)74(112)87-42(73(111)89-58)13-29-3-9-45(120-49)40(83)12-29/h3-10,12,14-23,27,42,51-53,56-71,80-82,94-97,99-102,104-110H,11,13,24-26,85H2,1-2H3,(H,86,98)(H,87,112)(H,88,103)(H,89,111)(H,90,115)(H,91,114)(H,92,116)(H,93,113)(H,117,118)/t27?,42-,51?,52?,53?,56-,57-,58+,59-,60+,61+,62?,63+,64-,65-,66-,67?,68-,69-,70?,71-,80+,81+,82+/m1/s1. The van der Waals surface area contributed by atoms with Crippen LogP contribution in [0.5, 0.6) is 69.0 Å². The maximum atomic E-state index is 16.9. The molecule has 8 amide bonds. The van der Waals surface area contributed by atoms with Gasteiger partial charge in [0.1, 0.15) is 156 Å². The number of rotatable bonds is 14. The molecule has 26 N–H and O–H groups in total. The molecule has 9 aliphatic rings. The summed E-state index contributed by atoms with van der Waals surface area (Å²) in [5.74, 6) is -20.3. The van der Waals surface area contributed by atoms with Crippen LogP contribution < -0.4 is 72.0 Å². The van der Waals surface area contributed by atoms with E-state index >= 15 is 24.0 Å². The number of benzene rings is 7. The first kappa shape index (κ1) is 91.1. The van der Waals surface area contributed by atoms with Gasteiger partial charge in [-0.1, -0.05) is 47.5 Å². The summed E-state index contributed by atoms with van der Waals surface area (Å²) in [7, 11) is 0. The number of phenols is 4. The van der Waals surface area contributed by atoms with Crippen LogP contribution in [0.2, 0.25) is 10.0 Å². The minimum absolute atomic E-state index is 0.0157. The molecule has 0 aromatic heterocycles. The molecule has 0 radical (unpaired) electrons. The van der Waals surface area contributed by atoms with Crippen molar-refractivity contribution in [2.45, 2.75) is 173 Å². The Morgan fingerprint density at radius 1 is 0.512 bits per heavy atom. The molecule has 7 aromatic carbocycles. The molecule has 676 valence electrons. The van der Waals surface area contributed by atoms with Crippen molar-refractivity contribution in [2.24, 2.45) is 5.73 Å². The van der Waals surface area contributed by atoms with Gasteiger partial charge in [-0.15, -0.1) is 0 Å². The lowest BCUT2D eigenvalue weighted by molar-refractivity contribution is -0.284. The predicted molar refractivity (Wildman–Crippen MR) is 427 cm³/mol. The molecule has 17 bridgehead atoms. The number of carboxylic acids is 1. The van der Waals surface area contributed by atoms with E-state index in [9.17, 15) is 101 Å². The summed E-state index contributed by atoms with van der Waals surface area (Å²) in [6, 6.07) is -0.0187. The Morgan fingerprint density at radius 2 is 1.06 bits per heavy atom. The minimum Gasteiger partial charge on any atom is -0.508 e. The van der Waals surface area contributed by atoms with E-state index < -0.39 is 328 Å². The summed E-state index contributed by atoms with van der Waals surface area (Å²) in [6.07, 6.45) is -31.6. The number of carboxylic acid groups (broad SMARTS) is 1. The molecule has 127 heavy (non-hydrogen) atoms. The number of carbonyl (C=O) groups is 9. The molecule has 9 heterocycles. The lowest BCUT2D eigenvalue weighted by atomic mass is 9.89. The number of halogens is 2. The molecule has 16 rings (SSSR count). The Morgan fingerprint density at radius 3 is 1.67 bits per heavy atom. The van der Waals surface area contributed by atoms with Crippen molar-refractivity contribution in [1.29, 1.82) is 0 Å². The molecule has 7 aromatic rings. The van der Waals surface area contributed by atoms with E-state index in [1.807, 2.05) is 0 Å². The molecule has 0 spiro atoms. The van der Waals surface area contributed by atoms with Gasteiger partial charge >= 0.3 is 5.97 Å². The fourth-order valence-electron chi connectivity index (χ4n) is 15.5. The first-order valence-electron chi connectivity index (χ1n) is 39.1. The van der Waals surface area contributed by atoms with Crippen LogP contribution in [0.15, 0.2) is 115 Å². The lowest BCUT2D eigenvalue weighted by Gasteiger charge is -2.44. The Labute approximate surface area is 726 Å². The fourth-order valence-corrected chi connectivity index (χ4v) is 16.0. The number of aliphatic hydroxyl groups is 11. The quantitative estimate of drug-likeness (QED) is 0.0549. The van der Waals surface area contributed by atoms with Crippen LogP contribution in [0.4, 0.5) is 0 Å². The van der Waals surface area contributed by atoms with Crippen molar-refractivity contribution in [1.82, 2.24) is 42.5 Å². The molecular formula is C82H85Cl2N9O34. The third-order valence-electron chi connectivity index (χ3n) is 21.9. The lowest BCUT2D eigenvalue weighted by Crippen LogP contribution is -2.65. The normalized spacial score (nSPS) is 29.8. The number of hydrogen-bond donors (Lipinski definition) is 25. The van der Waals surface area contributed by atoms with E-state index in [-0.39, 0.29) is 33.4 Å². The largest absolute Gasteiger partial charge is 0.508 e. The van der Waals surface area contributed by atoms with E-state index in [1.54, 1.807) is 0 Å². The average molecular weight is 1810 g/mol. The second-order valence-corrected chi connectivity index (χ2v) is 31.7. The van der Waals surface area contributed by atoms with Crippen molar-refractivity contribution in [3.05, 3.63) is 164 Å². The van der Waals surface area contributed by atoms with Crippen LogP contribution in [0, 0.1) is 0 Å². The number of aromatic hydroxyl groups is 4. The van der Waals surface area contributed by atoms with E-state index in [2.05, 4.69) is 42.5 Å². The number of nitrogens with two attached hydrogens (primary N) is 1. The van der Waals surface area contributed by atoms with E-state index in [4.69, 9.17) is 71.6 Å². The number of phenolic OH excluding ortho intramolecular Hbond substituents is 4. The zero-order valence-electron chi connectivity index (χ0n) is 66.2. The average Bonchev–Trinajstić information content (AvgIpc) is 0.755. The fraction of sp³-hybridized carbons (Fsp3) is 0.378. The van der Waals surface area contributed by atoms with Gasteiger partial charge in [-0.2, -0.15) is 0 Å². The molecule has 0 saturated carbocycles. The maximum Gasteiger partial charge on any atom is 0.330 e.